The first kappa shape index (κ1) is 22.0. The molecule has 5 rings (SSSR count). The van der Waals surface area contributed by atoms with Crippen LogP contribution in [-0.4, -0.2) is 20.3 Å². The van der Waals surface area contributed by atoms with Gasteiger partial charge in [0.2, 0.25) is 0 Å². The predicted octanol–water partition coefficient (Wildman–Crippen LogP) is 6.46. The molecule has 0 spiro atoms. The number of halogens is 1. The average Bonchev–Trinajstić information content (AvgIpc) is 3.37. The van der Waals surface area contributed by atoms with Crippen LogP contribution >= 0.6 is 11.6 Å². The van der Waals surface area contributed by atoms with Crippen LogP contribution in [0.5, 0.6) is 0 Å². The number of aryl methyl sites for hydroxylation is 1. The lowest BCUT2D eigenvalue weighted by atomic mass is 10.1. The number of rotatable bonds is 6. The summed E-state index contributed by atoms with van der Waals surface area (Å²) in [6, 6.07) is 25.7. The Hall–Kier alpha value is -3.83. The molecule has 0 atom stereocenters. The summed E-state index contributed by atoms with van der Waals surface area (Å²) in [7, 11) is 0. The van der Waals surface area contributed by atoms with Crippen molar-refractivity contribution in [1.82, 2.24) is 14.3 Å². The van der Waals surface area contributed by atoms with E-state index in [1.54, 1.807) is 10.7 Å². The summed E-state index contributed by atoms with van der Waals surface area (Å²) in [5.41, 5.74) is 6.42. The van der Waals surface area contributed by atoms with E-state index < -0.39 is 0 Å². The molecule has 0 unspecified atom stereocenters. The van der Waals surface area contributed by atoms with Crippen molar-refractivity contribution >= 4 is 34.2 Å². The molecule has 0 bridgehead atoms. The van der Waals surface area contributed by atoms with Gasteiger partial charge in [0.15, 0.2) is 5.82 Å². The highest BCUT2D eigenvalue weighted by molar-refractivity contribution is 6.30. The van der Waals surface area contributed by atoms with Crippen molar-refractivity contribution < 1.29 is 4.79 Å². The quantitative estimate of drug-likeness (QED) is 0.311. The van der Waals surface area contributed by atoms with E-state index in [2.05, 4.69) is 53.1 Å². The summed E-state index contributed by atoms with van der Waals surface area (Å²) in [6.07, 6.45) is 1.84. The number of carbonyl (C=O) groups excluding carboxylic acids is 1. The first-order valence-electron chi connectivity index (χ1n) is 11.2. The molecule has 0 aliphatic carbocycles. The minimum Gasteiger partial charge on any atom is -0.340 e. The Morgan fingerprint density at radius 3 is 2.50 bits per heavy atom. The van der Waals surface area contributed by atoms with Crippen LogP contribution in [0.25, 0.3) is 10.9 Å². The topological polar surface area (TPSA) is 51.9 Å². The molecule has 3 aromatic carbocycles. The summed E-state index contributed by atoms with van der Waals surface area (Å²) in [5, 5.41) is 9.18. The highest BCUT2D eigenvalue weighted by Gasteiger charge is 2.15. The van der Waals surface area contributed by atoms with E-state index in [0.717, 1.165) is 23.0 Å². The molecule has 0 aliphatic heterocycles. The van der Waals surface area contributed by atoms with Crippen LogP contribution in [0.3, 0.4) is 0 Å². The first-order chi connectivity index (χ1) is 16.5. The fraction of sp³-hybridized carbons (Fsp3) is 0.143. The fourth-order valence-corrected chi connectivity index (χ4v) is 4.50. The molecule has 5 nitrogen and oxygen atoms in total. The van der Waals surface area contributed by atoms with E-state index in [1.165, 1.54) is 16.8 Å². The number of nitrogens with zero attached hydrogens (tertiary/aromatic N) is 3. The number of hydrogen-bond acceptors (Lipinski definition) is 2. The molecule has 0 radical (unpaired) electrons. The lowest BCUT2D eigenvalue weighted by Crippen LogP contribution is -2.13. The van der Waals surface area contributed by atoms with Crippen LogP contribution in [0.2, 0.25) is 5.02 Å². The minimum absolute atomic E-state index is 0.178. The Bertz CT molecular complexity index is 1480. The van der Waals surface area contributed by atoms with E-state index in [4.69, 9.17) is 11.6 Å². The largest absolute Gasteiger partial charge is 0.340 e. The molecule has 1 N–H and O–H groups in total. The second-order valence-electron chi connectivity index (χ2n) is 8.50. The molecule has 0 aliphatic rings. The highest BCUT2D eigenvalue weighted by atomic mass is 35.5. The third-order valence-corrected chi connectivity index (χ3v) is 6.44. The summed E-state index contributed by atoms with van der Waals surface area (Å²) >= 11 is 6.07. The van der Waals surface area contributed by atoms with Crippen LogP contribution in [-0.2, 0) is 13.1 Å². The van der Waals surface area contributed by atoms with Crippen LogP contribution < -0.4 is 5.32 Å². The van der Waals surface area contributed by atoms with E-state index in [9.17, 15) is 4.79 Å². The molecule has 2 heterocycles. The molecule has 34 heavy (non-hydrogen) atoms. The standard InChI is InChI=1S/C28H25ClN4O/c1-19-20(2)33(18-21-7-4-3-5-8-21)26-12-11-23(16-25(19)26)28(34)30-27-13-14-32(31-27)17-22-9-6-10-24(29)15-22/h3-16H,17-18H2,1-2H3,(H,30,31,34). The molecular weight excluding hydrogens is 444 g/mol. The Balaban J connectivity index is 1.35. The van der Waals surface area contributed by atoms with Gasteiger partial charge in [-0.05, 0) is 60.9 Å². The number of benzene rings is 3. The SMILES string of the molecule is Cc1c(C)n(Cc2ccccc2)c2ccc(C(=O)Nc3ccn(Cc4cccc(Cl)c4)n3)cc12. The van der Waals surface area contributed by atoms with Crippen molar-refractivity contribution in [3.63, 3.8) is 0 Å². The molecule has 5 aromatic rings. The lowest BCUT2D eigenvalue weighted by molar-refractivity contribution is 0.102. The van der Waals surface area contributed by atoms with Gasteiger partial charge in [0.1, 0.15) is 0 Å². The van der Waals surface area contributed by atoms with E-state index in [0.29, 0.717) is 22.9 Å². The smallest absolute Gasteiger partial charge is 0.256 e. The van der Waals surface area contributed by atoms with E-state index in [-0.39, 0.29) is 5.91 Å². The third-order valence-electron chi connectivity index (χ3n) is 6.20. The Morgan fingerprint density at radius 1 is 0.912 bits per heavy atom. The van der Waals surface area contributed by atoms with Crippen molar-refractivity contribution in [3.05, 3.63) is 118 Å². The summed E-state index contributed by atoms with van der Waals surface area (Å²) in [4.78, 5) is 13.0. The van der Waals surface area contributed by atoms with E-state index >= 15 is 0 Å². The van der Waals surface area contributed by atoms with Crippen molar-refractivity contribution in [2.45, 2.75) is 26.9 Å². The molecule has 1 amide bonds. The average molecular weight is 469 g/mol. The maximum atomic E-state index is 13.0. The van der Waals surface area contributed by atoms with Crippen molar-refractivity contribution in [2.75, 3.05) is 5.32 Å². The molecule has 6 heteroatoms. The summed E-state index contributed by atoms with van der Waals surface area (Å²) < 4.78 is 4.08. The molecule has 2 aromatic heterocycles. The maximum Gasteiger partial charge on any atom is 0.256 e. The van der Waals surface area contributed by atoms with Gasteiger partial charge in [0, 0.05) is 46.0 Å². The maximum absolute atomic E-state index is 13.0. The number of carbonyl (C=O) groups is 1. The summed E-state index contributed by atoms with van der Waals surface area (Å²) in [6.45, 7) is 5.62. The number of anilines is 1. The van der Waals surface area contributed by atoms with Gasteiger partial charge in [-0.3, -0.25) is 9.48 Å². The fourth-order valence-electron chi connectivity index (χ4n) is 4.29. The number of amides is 1. The zero-order chi connectivity index (χ0) is 23.7. The number of aromatic nitrogens is 3. The van der Waals surface area contributed by atoms with Gasteiger partial charge in [-0.2, -0.15) is 5.10 Å². The van der Waals surface area contributed by atoms with E-state index in [1.807, 2.05) is 54.7 Å². The van der Waals surface area contributed by atoms with Gasteiger partial charge in [-0.15, -0.1) is 0 Å². The zero-order valence-corrected chi connectivity index (χ0v) is 19.9. The van der Waals surface area contributed by atoms with Crippen LogP contribution in [0.4, 0.5) is 5.82 Å². The number of nitrogens with one attached hydrogen (secondary N) is 1. The Morgan fingerprint density at radius 2 is 1.71 bits per heavy atom. The minimum atomic E-state index is -0.178. The third kappa shape index (κ3) is 4.47. The van der Waals surface area contributed by atoms with Gasteiger partial charge >= 0.3 is 0 Å². The molecule has 0 fully saturated rings. The van der Waals surface area contributed by atoms with Gasteiger partial charge in [-0.25, -0.2) is 0 Å². The van der Waals surface area contributed by atoms with Crippen molar-refractivity contribution in [1.29, 1.82) is 0 Å². The zero-order valence-electron chi connectivity index (χ0n) is 19.1. The second kappa shape index (κ2) is 9.20. The van der Waals surface area contributed by atoms with Gasteiger partial charge in [0.05, 0.1) is 6.54 Å². The second-order valence-corrected chi connectivity index (χ2v) is 8.93. The van der Waals surface area contributed by atoms with Crippen LogP contribution in [0.1, 0.15) is 32.7 Å². The molecule has 0 saturated carbocycles. The van der Waals surface area contributed by atoms with Crippen LogP contribution in [0.15, 0.2) is 85.1 Å². The lowest BCUT2D eigenvalue weighted by Gasteiger charge is -2.09. The van der Waals surface area contributed by atoms with Crippen molar-refractivity contribution in [2.24, 2.45) is 0 Å². The molecule has 0 saturated heterocycles. The Kier molecular flexibility index (Phi) is 5.95. The monoisotopic (exact) mass is 468 g/mol. The number of hydrogen-bond donors (Lipinski definition) is 1. The van der Waals surface area contributed by atoms with Crippen molar-refractivity contribution in [3.8, 4) is 0 Å². The summed E-state index contributed by atoms with van der Waals surface area (Å²) in [5.74, 6) is 0.337. The molecular formula is C28H25ClN4O. The van der Waals surface area contributed by atoms with Gasteiger partial charge in [0.25, 0.3) is 5.91 Å². The normalized spacial score (nSPS) is 11.1. The number of fused-ring (bicyclic) bond motifs is 1. The van der Waals surface area contributed by atoms with Crippen LogP contribution in [0, 0.1) is 13.8 Å². The highest BCUT2D eigenvalue weighted by Crippen LogP contribution is 2.27. The van der Waals surface area contributed by atoms with Gasteiger partial charge in [-0.1, -0.05) is 54.1 Å². The predicted molar refractivity (Wildman–Crippen MR) is 138 cm³/mol. The van der Waals surface area contributed by atoms with Gasteiger partial charge < -0.3 is 9.88 Å². The first-order valence-corrected chi connectivity index (χ1v) is 11.6. The Labute approximate surface area is 203 Å². The molecule has 170 valence electrons.